The number of aromatic nitrogens is 2. The van der Waals surface area contributed by atoms with Crippen molar-refractivity contribution < 1.29 is 0 Å². The van der Waals surface area contributed by atoms with E-state index in [2.05, 4.69) is 21.4 Å². The minimum Gasteiger partial charge on any atom is -0.337 e. The van der Waals surface area contributed by atoms with E-state index >= 15 is 0 Å². The van der Waals surface area contributed by atoms with E-state index in [1.807, 2.05) is 12.1 Å². The molecule has 90 valence electrons. The molecule has 2 N–H and O–H groups in total. The van der Waals surface area contributed by atoms with Gasteiger partial charge in [-0.2, -0.15) is 0 Å². The highest BCUT2D eigenvalue weighted by Crippen LogP contribution is 2.43. The van der Waals surface area contributed by atoms with E-state index in [9.17, 15) is 0 Å². The third-order valence-corrected chi connectivity index (χ3v) is 4.21. The van der Waals surface area contributed by atoms with Gasteiger partial charge in [-0.1, -0.05) is 23.5 Å². The van der Waals surface area contributed by atoms with Crippen LogP contribution in [0.15, 0.2) is 45.4 Å². The van der Waals surface area contributed by atoms with Crippen LogP contribution in [0.3, 0.4) is 0 Å². The Hall–Kier alpha value is -1.53. The number of fused-ring (bicyclic) bond motifs is 2. The molecule has 6 heteroatoms. The van der Waals surface area contributed by atoms with Gasteiger partial charge in [-0.15, -0.1) is 0 Å². The fraction of sp³-hybridized carbons (Fsp3) is 0.0833. The van der Waals surface area contributed by atoms with Gasteiger partial charge in [-0.3, -0.25) is 5.41 Å². The van der Waals surface area contributed by atoms with Crippen LogP contribution < -0.4 is 5.32 Å². The third-order valence-electron chi connectivity index (χ3n) is 2.35. The number of nitrogens with one attached hydrogen (secondary N) is 2. The second-order valence-electron chi connectivity index (χ2n) is 3.75. The molecule has 3 rings (SSSR count). The predicted molar refractivity (Wildman–Crippen MR) is 75.1 cm³/mol. The van der Waals surface area contributed by atoms with Crippen LogP contribution in [-0.4, -0.2) is 15.0 Å². The predicted octanol–water partition coefficient (Wildman–Crippen LogP) is 3.77. The first-order valence-electron chi connectivity index (χ1n) is 5.35. The second-order valence-corrected chi connectivity index (χ2v) is 6.07. The molecule has 0 amide bonds. The van der Waals surface area contributed by atoms with Crippen molar-refractivity contribution in [1.29, 1.82) is 5.41 Å². The minimum absolute atomic E-state index is 0.582. The summed E-state index contributed by atoms with van der Waals surface area (Å²) in [4.78, 5) is 10.7. The molecule has 1 aromatic heterocycles. The van der Waals surface area contributed by atoms with Gasteiger partial charge in [0.05, 0.1) is 10.7 Å². The number of benzene rings is 1. The van der Waals surface area contributed by atoms with Crippen LogP contribution in [0.1, 0.15) is 6.92 Å². The molecule has 0 spiro atoms. The summed E-state index contributed by atoms with van der Waals surface area (Å²) in [7, 11) is 0. The molecule has 0 aliphatic carbocycles. The molecule has 2 heterocycles. The van der Waals surface area contributed by atoms with Crippen molar-refractivity contribution in [1.82, 2.24) is 9.97 Å². The monoisotopic (exact) mass is 274 g/mol. The molecule has 0 unspecified atom stereocenters. The maximum Gasteiger partial charge on any atom is 0.163 e. The highest BCUT2D eigenvalue weighted by atomic mass is 32.2. The second kappa shape index (κ2) is 4.62. The Morgan fingerprint density at radius 2 is 2.17 bits per heavy atom. The lowest BCUT2D eigenvalue weighted by atomic mass is 10.3. The SMILES string of the molecule is CC(=N)Sc1ccc2c(c1)Nc1nccnc1S2. The van der Waals surface area contributed by atoms with E-state index < -0.39 is 0 Å². The van der Waals surface area contributed by atoms with Crippen LogP contribution in [0.5, 0.6) is 0 Å². The quantitative estimate of drug-likeness (QED) is 0.402. The summed E-state index contributed by atoms with van der Waals surface area (Å²) in [6, 6.07) is 6.12. The number of rotatable bonds is 1. The van der Waals surface area contributed by atoms with Crippen molar-refractivity contribution >= 4 is 40.1 Å². The molecule has 0 bridgehead atoms. The molecular formula is C12H10N4S2. The maximum atomic E-state index is 7.50. The van der Waals surface area contributed by atoms with Gasteiger partial charge in [0.15, 0.2) is 5.82 Å². The summed E-state index contributed by atoms with van der Waals surface area (Å²) in [6.07, 6.45) is 3.37. The third kappa shape index (κ3) is 2.21. The first kappa shape index (κ1) is 11.6. The lowest BCUT2D eigenvalue weighted by molar-refractivity contribution is 1.04. The summed E-state index contributed by atoms with van der Waals surface area (Å²) in [5.74, 6) is 0.795. The normalized spacial score (nSPS) is 12.3. The van der Waals surface area contributed by atoms with Crippen molar-refractivity contribution in [3.05, 3.63) is 30.6 Å². The topological polar surface area (TPSA) is 61.7 Å². The van der Waals surface area contributed by atoms with Crippen LogP contribution in [0.25, 0.3) is 0 Å². The Morgan fingerprint density at radius 1 is 1.33 bits per heavy atom. The van der Waals surface area contributed by atoms with Gasteiger partial charge in [-0.25, -0.2) is 9.97 Å². The minimum atomic E-state index is 0.582. The van der Waals surface area contributed by atoms with Crippen LogP contribution in [0.2, 0.25) is 0 Å². The van der Waals surface area contributed by atoms with Crippen molar-refractivity contribution in [2.75, 3.05) is 5.32 Å². The Kier molecular flexibility index (Phi) is 2.97. The first-order valence-corrected chi connectivity index (χ1v) is 6.98. The zero-order chi connectivity index (χ0) is 12.5. The zero-order valence-corrected chi connectivity index (χ0v) is 11.2. The smallest absolute Gasteiger partial charge is 0.163 e. The molecule has 1 aliphatic heterocycles. The summed E-state index contributed by atoms with van der Waals surface area (Å²) >= 11 is 3.06. The van der Waals surface area contributed by atoms with Crippen LogP contribution in [0.4, 0.5) is 11.5 Å². The number of thioether (sulfide) groups is 1. The largest absolute Gasteiger partial charge is 0.337 e. The lowest BCUT2D eigenvalue weighted by Gasteiger charge is -2.19. The molecule has 0 saturated carbocycles. The summed E-state index contributed by atoms with van der Waals surface area (Å²) < 4.78 is 0. The fourth-order valence-corrected chi connectivity index (χ4v) is 3.20. The molecule has 0 atom stereocenters. The van der Waals surface area contributed by atoms with Crippen molar-refractivity contribution in [2.24, 2.45) is 0 Å². The molecule has 1 aromatic carbocycles. The van der Waals surface area contributed by atoms with Crippen LogP contribution in [0, 0.1) is 5.41 Å². The van der Waals surface area contributed by atoms with Gasteiger partial charge in [0.2, 0.25) is 0 Å². The fourth-order valence-electron chi connectivity index (χ4n) is 1.65. The van der Waals surface area contributed by atoms with Gasteiger partial charge in [0.25, 0.3) is 0 Å². The number of hydrogen-bond donors (Lipinski definition) is 2. The van der Waals surface area contributed by atoms with Crippen molar-refractivity contribution in [2.45, 2.75) is 21.7 Å². The molecular weight excluding hydrogens is 264 g/mol. The van der Waals surface area contributed by atoms with Crippen molar-refractivity contribution in [3.63, 3.8) is 0 Å². The van der Waals surface area contributed by atoms with Crippen molar-refractivity contribution in [3.8, 4) is 0 Å². The Labute approximate surface area is 113 Å². The van der Waals surface area contributed by atoms with Gasteiger partial charge >= 0.3 is 0 Å². The Balaban J connectivity index is 1.96. The highest BCUT2D eigenvalue weighted by molar-refractivity contribution is 8.13. The van der Waals surface area contributed by atoms with Gasteiger partial charge < -0.3 is 5.32 Å². The first-order chi connectivity index (χ1) is 8.72. The van der Waals surface area contributed by atoms with Crippen LogP contribution >= 0.6 is 23.5 Å². The Bertz CT molecular complexity index is 627. The highest BCUT2D eigenvalue weighted by Gasteiger charge is 2.17. The summed E-state index contributed by atoms with van der Waals surface area (Å²) in [6.45, 7) is 1.78. The number of nitrogens with zero attached hydrogens (tertiary/aromatic N) is 2. The number of anilines is 2. The summed E-state index contributed by atoms with van der Waals surface area (Å²) in [5.41, 5.74) is 1.03. The van der Waals surface area contributed by atoms with E-state index in [1.54, 1.807) is 31.1 Å². The molecule has 2 aromatic rings. The Morgan fingerprint density at radius 3 is 3.00 bits per heavy atom. The molecule has 1 aliphatic rings. The van der Waals surface area contributed by atoms with E-state index in [1.165, 1.54) is 11.8 Å². The standard InChI is InChI=1S/C12H10N4S2/c1-7(13)17-8-2-3-10-9(6-8)16-11-12(18-10)15-5-4-14-11/h2-6,13H,1H3,(H,14,16). The van der Waals surface area contributed by atoms with Gasteiger partial charge in [0, 0.05) is 22.2 Å². The molecule has 18 heavy (non-hydrogen) atoms. The van der Waals surface area contributed by atoms with Gasteiger partial charge in [0.1, 0.15) is 5.03 Å². The van der Waals surface area contributed by atoms with E-state index in [0.717, 1.165) is 26.3 Å². The zero-order valence-electron chi connectivity index (χ0n) is 9.60. The average molecular weight is 274 g/mol. The van der Waals surface area contributed by atoms with E-state index in [0.29, 0.717) is 5.04 Å². The molecule has 0 radical (unpaired) electrons. The lowest BCUT2D eigenvalue weighted by Crippen LogP contribution is -2.03. The maximum absolute atomic E-state index is 7.50. The average Bonchev–Trinajstić information content (AvgIpc) is 2.35. The van der Waals surface area contributed by atoms with E-state index in [4.69, 9.17) is 5.41 Å². The summed E-state index contributed by atoms with van der Waals surface area (Å²) in [5, 5.41) is 12.3. The molecule has 4 nitrogen and oxygen atoms in total. The molecule has 0 fully saturated rings. The van der Waals surface area contributed by atoms with Crippen LogP contribution in [-0.2, 0) is 0 Å². The molecule has 0 saturated heterocycles. The van der Waals surface area contributed by atoms with E-state index in [-0.39, 0.29) is 0 Å². The van der Waals surface area contributed by atoms with Gasteiger partial charge in [-0.05, 0) is 25.1 Å². The number of hydrogen-bond acceptors (Lipinski definition) is 6.